The summed E-state index contributed by atoms with van der Waals surface area (Å²) in [6, 6.07) is 6.42. The quantitative estimate of drug-likeness (QED) is 0.834. The number of phenolic OH excluding ortho intramolecular Hbond substituents is 1. The van der Waals surface area contributed by atoms with Gasteiger partial charge in [-0.2, -0.15) is 0 Å². The molecule has 0 unspecified atom stereocenters. The Balaban J connectivity index is 2.43. The summed E-state index contributed by atoms with van der Waals surface area (Å²) in [6.07, 6.45) is 1.32. The summed E-state index contributed by atoms with van der Waals surface area (Å²) in [6.45, 7) is 0. The molecule has 86 valence electrons. The molecule has 0 spiro atoms. The molecule has 0 aliphatic heterocycles. The Morgan fingerprint density at radius 1 is 1.24 bits per heavy atom. The van der Waals surface area contributed by atoms with E-state index < -0.39 is 11.8 Å². The van der Waals surface area contributed by atoms with E-state index >= 15 is 0 Å². The molecule has 0 saturated carbocycles. The van der Waals surface area contributed by atoms with E-state index in [4.69, 9.17) is 5.11 Å². The molecule has 0 aliphatic carbocycles. The second-order valence-corrected chi connectivity index (χ2v) is 3.40. The zero-order valence-electron chi connectivity index (χ0n) is 8.59. The van der Waals surface area contributed by atoms with Gasteiger partial charge < -0.3 is 10.2 Å². The van der Waals surface area contributed by atoms with E-state index in [-0.39, 0.29) is 11.4 Å². The van der Waals surface area contributed by atoms with Crippen molar-refractivity contribution in [3.8, 4) is 16.9 Å². The zero-order valence-corrected chi connectivity index (χ0v) is 8.59. The number of phenols is 1. The highest BCUT2D eigenvalue weighted by atomic mass is 19.1. The van der Waals surface area contributed by atoms with E-state index in [1.165, 1.54) is 30.5 Å². The van der Waals surface area contributed by atoms with Gasteiger partial charge in [-0.05, 0) is 18.2 Å². The lowest BCUT2D eigenvalue weighted by atomic mass is 10.1. The molecular weight excluding hydrogens is 225 g/mol. The first-order chi connectivity index (χ1) is 8.08. The average Bonchev–Trinajstić information content (AvgIpc) is 2.29. The van der Waals surface area contributed by atoms with E-state index in [9.17, 15) is 14.3 Å². The van der Waals surface area contributed by atoms with Crippen LogP contribution in [0.5, 0.6) is 5.75 Å². The number of hydrogen-bond donors (Lipinski definition) is 2. The average molecular weight is 233 g/mol. The van der Waals surface area contributed by atoms with Gasteiger partial charge in [0.2, 0.25) is 0 Å². The predicted molar refractivity (Wildman–Crippen MR) is 58.3 cm³/mol. The first kappa shape index (κ1) is 11.1. The third-order valence-corrected chi connectivity index (χ3v) is 2.25. The SMILES string of the molecule is O=C(O)c1ccc(-c2ccc(F)cc2O)cn1. The van der Waals surface area contributed by atoms with Gasteiger partial charge in [-0.1, -0.05) is 6.07 Å². The fourth-order valence-electron chi connectivity index (χ4n) is 1.43. The maximum absolute atomic E-state index is 12.8. The van der Waals surface area contributed by atoms with Gasteiger partial charge in [-0.15, -0.1) is 0 Å². The fourth-order valence-corrected chi connectivity index (χ4v) is 1.43. The van der Waals surface area contributed by atoms with Crippen LogP contribution in [0.3, 0.4) is 0 Å². The third kappa shape index (κ3) is 2.23. The number of carbonyl (C=O) groups is 1. The lowest BCUT2D eigenvalue weighted by molar-refractivity contribution is 0.0690. The Morgan fingerprint density at radius 2 is 2.00 bits per heavy atom. The number of nitrogens with zero attached hydrogens (tertiary/aromatic N) is 1. The van der Waals surface area contributed by atoms with E-state index in [2.05, 4.69) is 4.98 Å². The van der Waals surface area contributed by atoms with Crippen molar-refractivity contribution in [3.05, 3.63) is 48.0 Å². The standard InChI is InChI=1S/C12H8FNO3/c13-8-2-3-9(11(15)5-8)7-1-4-10(12(16)17)14-6-7/h1-6,15H,(H,16,17). The molecule has 2 rings (SSSR count). The Labute approximate surface area is 96.0 Å². The molecule has 0 atom stereocenters. The number of aromatic hydroxyl groups is 1. The lowest BCUT2D eigenvalue weighted by Gasteiger charge is -2.04. The van der Waals surface area contributed by atoms with Crippen LogP contribution in [0.4, 0.5) is 4.39 Å². The molecule has 0 aliphatic rings. The molecule has 1 heterocycles. The molecule has 0 radical (unpaired) electrons. The van der Waals surface area contributed by atoms with Gasteiger partial charge in [0.25, 0.3) is 0 Å². The third-order valence-electron chi connectivity index (χ3n) is 2.25. The summed E-state index contributed by atoms with van der Waals surface area (Å²) in [5.74, 6) is -1.88. The minimum atomic E-state index is -1.13. The summed E-state index contributed by atoms with van der Waals surface area (Å²) >= 11 is 0. The molecule has 0 amide bonds. The fraction of sp³-hybridized carbons (Fsp3) is 0. The number of hydrogen-bond acceptors (Lipinski definition) is 3. The number of carboxylic acids is 1. The van der Waals surface area contributed by atoms with E-state index in [0.717, 1.165) is 6.07 Å². The molecule has 4 nitrogen and oxygen atoms in total. The Kier molecular flexibility index (Phi) is 2.74. The molecule has 17 heavy (non-hydrogen) atoms. The highest BCUT2D eigenvalue weighted by molar-refractivity contribution is 5.86. The van der Waals surface area contributed by atoms with Gasteiger partial charge in [0.05, 0.1) is 0 Å². The normalized spacial score (nSPS) is 10.2. The summed E-state index contributed by atoms with van der Waals surface area (Å²) in [4.78, 5) is 14.3. The maximum Gasteiger partial charge on any atom is 0.354 e. The maximum atomic E-state index is 12.8. The van der Waals surface area contributed by atoms with Crippen molar-refractivity contribution >= 4 is 5.97 Å². The van der Waals surface area contributed by atoms with Gasteiger partial charge in [0.15, 0.2) is 0 Å². The van der Waals surface area contributed by atoms with Crippen molar-refractivity contribution in [1.82, 2.24) is 4.98 Å². The van der Waals surface area contributed by atoms with Crippen LogP contribution in [0.2, 0.25) is 0 Å². The smallest absolute Gasteiger partial charge is 0.354 e. The van der Waals surface area contributed by atoms with Crippen LogP contribution in [0.25, 0.3) is 11.1 Å². The van der Waals surface area contributed by atoms with Crippen molar-refractivity contribution in [1.29, 1.82) is 0 Å². The molecule has 0 fully saturated rings. The molecule has 0 bridgehead atoms. The van der Waals surface area contributed by atoms with Gasteiger partial charge >= 0.3 is 5.97 Å². The van der Waals surface area contributed by atoms with Crippen LogP contribution in [-0.4, -0.2) is 21.2 Å². The summed E-state index contributed by atoms with van der Waals surface area (Å²) in [5.41, 5.74) is 0.832. The molecule has 0 saturated heterocycles. The van der Waals surface area contributed by atoms with E-state index in [0.29, 0.717) is 11.1 Å². The zero-order chi connectivity index (χ0) is 12.4. The second kappa shape index (κ2) is 4.21. The van der Waals surface area contributed by atoms with Gasteiger partial charge in [0.1, 0.15) is 17.3 Å². The van der Waals surface area contributed by atoms with Crippen LogP contribution in [-0.2, 0) is 0 Å². The first-order valence-corrected chi connectivity index (χ1v) is 4.76. The molecule has 2 aromatic rings. The number of pyridine rings is 1. The van der Waals surface area contributed by atoms with Crippen molar-refractivity contribution in [2.75, 3.05) is 0 Å². The van der Waals surface area contributed by atoms with E-state index in [1.807, 2.05) is 0 Å². The largest absolute Gasteiger partial charge is 0.507 e. The minimum absolute atomic E-state index is 0.0876. The number of aromatic carboxylic acids is 1. The number of carboxylic acid groups (broad SMARTS) is 1. The highest BCUT2D eigenvalue weighted by Crippen LogP contribution is 2.28. The van der Waals surface area contributed by atoms with Gasteiger partial charge in [0, 0.05) is 23.4 Å². The van der Waals surface area contributed by atoms with Crippen molar-refractivity contribution in [2.24, 2.45) is 0 Å². The number of aromatic nitrogens is 1. The monoisotopic (exact) mass is 233 g/mol. The summed E-state index contributed by atoms with van der Waals surface area (Å²) < 4.78 is 12.8. The Morgan fingerprint density at radius 3 is 2.53 bits per heavy atom. The molecule has 1 aromatic heterocycles. The first-order valence-electron chi connectivity index (χ1n) is 4.76. The summed E-state index contributed by atoms with van der Waals surface area (Å²) in [5, 5.41) is 18.2. The number of benzene rings is 1. The predicted octanol–water partition coefficient (Wildman–Crippen LogP) is 2.29. The Hall–Kier alpha value is -2.43. The molecule has 1 aromatic carbocycles. The highest BCUT2D eigenvalue weighted by Gasteiger charge is 2.08. The van der Waals surface area contributed by atoms with Gasteiger partial charge in [-0.25, -0.2) is 14.2 Å². The summed E-state index contributed by atoms with van der Waals surface area (Å²) in [7, 11) is 0. The molecule has 5 heteroatoms. The van der Waals surface area contributed by atoms with Crippen LogP contribution < -0.4 is 0 Å². The van der Waals surface area contributed by atoms with Crippen LogP contribution in [0.1, 0.15) is 10.5 Å². The van der Waals surface area contributed by atoms with Crippen LogP contribution in [0.15, 0.2) is 36.5 Å². The molecular formula is C12H8FNO3. The molecule has 2 N–H and O–H groups in total. The van der Waals surface area contributed by atoms with Crippen LogP contribution in [0, 0.1) is 5.82 Å². The van der Waals surface area contributed by atoms with E-state index in [1.54, 1.807) is 0 Å². The van der Waals surface area contributed by atoms with Crippen molar-refractivity contribution in [2.45, 2.75) is 0 Å². The van der Waals surface area contributed by atoms with Crippen LogP contribution >= 0.6 is 0 Å². The second-order valence-electron chi connectivity index (χ2n) is 3.40. The lowest BCUT2D eigenvalue weighted by Crippen LogP contribution is -1.99. The van der Waals surface area contributed by atoms with Crippen molar-refractivity contribution < 1.29 is 19.4 Å². The van der Waals surface area contributed by atoms with Crippen molar-refractivity contribution in [3.63, 3.8) is 0 Å². The topological polar surface area (TPSA) is 70.4 Å². The number of rotatable bonds is 2. The minimum Gasteiger partial charge on any atom is -0.507 e. The van der Waals surface area contributed by atoms with Gasteiger partial charge in [-0.3, -0.25) is 0 Å². The Bertz CT molecular complexity index is 566. The number of halogens is 1.